The summed E-state index contributed by atoms with van der Waals surface area (Å²) in [5.74, 6) is 2.04. The van der Waals surface area contributed by atoms with Crippen LogP contribution in [0.2, 0.25) is 0 Å². The lowest BCUT2D eigenvalue weighted by atomic mass is 10.3. The monoisotopic (exact) mass is 261 g/mol. The van der Waals surface area contributed by atoms with Crippen molar-refractivity contribution in [2.45, 2.75) is 26.2 Å². The molecule has 0 aromatic carbocycles. The minimum absolute atomic E-state index is 0.936. The van der Waals surface area contributed by atoms with E-state index in [0.29, 0.717) is 0 Å². The van der Waals surface area contributed by atoms with Gasteiger partial charge < -0.3 is 15.1 Å². The van der Waals surface area contributed by atoms with E-state index in [2.05, 4.69) is 28.1 Å². The van der Waals surface area contributed by atoms with Crippen molar-refractivity contribution in [3.8, 4) is 0 Å². The third-order valence-electron chi connectivity index (χ3n) is 3.95. The SMILES string of the molecule is CCc1cc(N2CCNCC2)nc(N2CCCC2)n1. The van der Waals surface area contributed by atoms with E-state index in [4.69, 9.17) is 9.97 Å². The van der Waals surface area contributed by atoms with Gasteiger partial charge in [-0.3, -0.25) is 0 Å². The van der Waals surface area contributed by atoms with Crippen molar-refractivity contribution >= 4 is 11.8 Å². The Morgan fingerprint density at radius 3 is 2.47 bits per heavy atom. The Morgan fingerprint density at radius 1 is 1.05 bits per heavy atom. The second-order valence-electron chi connectivity index (χ2n) is 5.30. The fourth-order valence-electron chi connectivity index (χ4n) is 2.77. The Kier molecular flexibility index (Phi) is 3.82. The third kappa shape index (κ3) is 2.81. The molecule has 3 rings (SSSR count). The molecule has 0 aliphatic carbocycles. The molecule has 2 saturated heterocycles. The molecule has 0 unspecified atom stereocenters. The van der Waals surface area contributed by atoms with Crippen LogP contribution in [-0.2, 0) is 6.42 Å². The van der Waals surface area contributed by atoms with Crippen LogP contribution in [0.25, 0.3) is 0 Å². The summed E-state index contributed by atoms with van der Waals surface area (Å²) < 4.78 is 0. The molecule has 0 radical (unpaired) electrons. The predicted molar refractivity (Wildman–Crippen MR) is 77.9 cm³/mol. The van der Waals surface area contributed by atoms with Crippen LogP contribution in [0.15, 0.2) is 6.07 Å². The van der Waals surface area contributed by atoms with Gasteiger partial charge in [-0.25, -0.2) is 4.98 Å². The lowest BCUT2D eigenvalue weighted by molar-refractivity contribution is 0.584. The van der Waals surface area contributed by atoms with Crippen molar-refractivity contribution in [2.75, 3.05) is 49.1 Å². The van der Waals surface area contributed by atoms with E-state index in [-0.39, 0.29) is 0 Å². The topological polar surface area (TPSA) is 44.3 Å². The van der Waals surface area contributed by atoms with E-state index in [1.807, 2.05) is 0 Å². The number of nitrogens with zero attached hydrogens (tertiary/aromatic N) is 4. The summed E-state index contributed by atoms with van der Waals surface area (Å²) in [7, 11) is 0. The van der Waals surface area contributed by atoms with Crippen molar-refractivity contribution in [3.05, 3.63) is 11.8 Å². The average Bonchev–Trinajstić information content (AvgIpc) is 3.02. The molecule has 0 atom stereocenters. The molecular formula is C14H23N5. The zero-order chi connectivity index (χ0) is 13.1. The molecule has 2 aliphatic heterocycles. The first kappa shape index (κ1) is 12.7. The number of nitrogens with one attached hydrogen (secondary N) is 1. The highest BCUT2D eigenvalue weighted by molar-refractivity contribution is 5.47. The van der Waals surface area contributed by atoms with Crippen molar-refractivity contribution in [1.82, 2.24) is 15.3 Å². The van der Waals surface area contributed by atoms with Gasteiger partial charge in [0.1, 0.15) is 5.82 Å². The maximum Gasteiger partial charge on any atom is 0.227 e. The molecule has 0 amide bonds. The zero-order valence-electron chi connectivity index (χ0n) is 11.7. The van der Waals surface area contributed by atoms with Gasteiger partial charge >= 0.3 is 0 Å². The quantitative estimate of drug-likeness (QED) is 0.881. The van der Waals surface area contributed by atoms with Gasteiger partial charge in [0.05, 0.1) is 0 Å². The van der Waals surface area contributed by atoms with Gasteiger partial charge in [0.25, 0.3) is 0 Å². The predicted octanol–water partition coefficient (Wildman–Crippen LogP) is 1.05. The molecule has 0 spiro atoms. The van der Waals surface area contributed by atoms with Gasteiger partial charge in [0.15, 0.2) is 0 Å². The second kappa shape index (κ2) is 5.74. The van der Waals surface area contributed by atoms with Crippen LogP contribution >= 0.6 is 0 Å². The van der Waals surface area contributed by atoms with Crippen LogP contribution < -0.4 is 15.1 Å². The highest BCUT2D eigenvalue weighted by Gasteiger charge is 2.19. The lowest BCUT2D eigenvalue weighted by Crippen LogP contribution is -2.44. The Bertz CT molecular complexity index is 422. The first-order valence-electron chi connectivity index (χ1n) is 7.45. The number of rotatable bonds is 3. The number of aromatic nitrogens is 2. The Morgan fingerprint density at radius 2 is 1.79 bits per heavy atom. The fraction of sp³-hybridized carbons (Fsp3) is 0.714. The second-order valence-corrected chi connectivity index (χ2v) is 5.30. The van der Waals surface area contributed by atoms with Gasteiger partial charge in [-0.2, -0.15) is 4.98 Å². The molecule has 0 bridgehead atoms. The molecule has 5 heteroatoms. The van der Waals surface area contributed by atoms with Gasteiger partial charge in [-0.05, 0) is 19.3 Å². The maximum absolute atomic E-state index is 4.80. The Hall–Kier alpha value is -1.36. The summed E-state index contributed by atoms with van der Waals surface area (Å²) in [4.78, 5) is 14.2. The molecule has 104 valence electrons. The average molecular weight is 261 g/mol. The lowest BCUT2D eigenvalue weighted by Gasteiger charge is -2.29. The Labute approximate surface area is 115 Å². The summed E-state index contributed by atoms with van der Waals surface area (Å²) in [5.41, 5.74) is 1.16. The summed E-state index contributed by atoms with van der Waals surface area (Å²) in [6, 6.07) is 2.16. The van der Waals surface area contributed by atoms with Crippen molar-refractivity contribution < 1.29 is 0 Å². The van der Waals surface area contributed by atoms with Crippen molar-refractivity contribution in [3.63, 3.8) is 0 Å². The summed E-state index contributed by atoms with van der Waals surface area (Å²) >= 11 is 0. The highest BCUT2D eigenvalue weighted by Crippen LogP contribution is 2.21. The molecule has 2 fully saturated rings. The number of hydrogen-bond acceptors (Lipinski definition) is 5. The highest BCUT2D eigenvalue weighted by atomic mass is 15.3. The van der Waals surface area contributed by atoms with Gasteiger partial charge in [0, 0.05) is 51.0 Å². The minimum Gasteiger partial charge on any atom is -0.354 e. The minimum atomic E-state index is 0.936. The van der Waals surface area contributed by atoms with E-state index >= 15 is 0 Å². The molecule has 3 heterocycles. The maximum atomic E-state index is 4.80. The molecule has 5 nitrogen and oxygen atoms in total. The molecule has 0 saturated carbocycles. The molecule has 1 aromatic heterocycles. The van der Waals surface area contributed by atoms with E-state index in [0.717, 1.165) is 63.1 Å². The number of anilines is 2. The largest absolute Gasteiger partial charge is 0.354 e. The van der Waals surface area contributed by atoms with E-state index in [1.54, 1.807) is 0 Å². The van der Waals surface area contributed by atoms with Gasteiger partial charge in [-0.15, -0.1) is 0 Å². The smallest absolute Gasteiger partial charge is 0.227 e. The Balaban J connectivity index is 1.87. The zero-order valence-corrected chi connectivity index (χ0v) is 11.7. The van der Waals surface area contributed by atoms with Crippen LogP contribution in [0.1, 0.15) is 25.5 Å². The van der Waals surface area contributed by atoms with E-state index in [9.17, 15) is 0 Å². The normalized spacial score (nSPS) is 20.1. The van der Waals surface area contributed by atoms with Crippen molar-refractivity contribution in [2.24, 2.45) is 0 Å². The van der Waals surface area contributed by atoms with Crippen LogP contribution in [0.3, 0.4) is 0 Å². The molecule has 19 heavy (non-hydrogen) atoms. The van der Waals surface area contributed by atoms with Crippen LogP contribution in [0.5, 0.6) is 0 Å². The van der Waals surface area contributed by atoms with Crippen molar-refractivity contribution in [1.29, 1.82) is 0 Å². The third-order valence-corrected chi connectivity index (χ3v) is 3.95. The molecular weight excluding hydrogens is 238 g/mol. The van der Waals surface area contributed by atoms with Gasteiger partial charge in [-0.1, -0.05) is 6.92 Å². The fourth-order valence-corrected chi connectivity index (χ4v) is 2.77. The summed E-state index contributed by atoms with van der Waals surface area (Å²) in [6.07, 6.45) is 3.51. The molecule has 1 aromatic rings. The van der Waals surface area contributed by atoms with E-state index < -0.39 is 0 Å². The number of hydrogen-bond donors (Lipinski definition) is 1. The summed E-state index contributed by atoms with van der Waals surface area (Å²) in [5, 5.41) is 3.39. The molecule has 2 aliphatic rings. The van der Waals surface area contributed by atoms with Gasteiger partial charge in [0.2, 0.25) is 5.95 Å². The molecule has 1 N–H and O–H groups in total. The first-order chi connectivity index (χ1) is 9.36. The van der Waals surface area contributed by atoms with E-state index in [1.165, 1.54) is 12.8 Å². The standard InChI is InChI=1S/C14H23N5/c1-2-12-11-13(18-9-5-15-6-10-18)17-14(16-12)19-7-3-4-8-19/h11,15H,2-10H2,1H3. The first-order valence-corrected chi connectivity index (χ1v) is 7.45. The van der Waals surface area contributed by atoms with Crippen LogP contribution in [0, 0.1) is 0 Å². The van der Waals surface area contributed by atoms with Crippen LogP contribution in [0.4, 0.5) is 11.8 Å². The summed E-state index contributed by atoms with van der Waals surface area (Å²) in [6.45, 7) is 8.55. The number of aryl methyl sites for hydroxylation is 1. The number of piperazine rings is 1. The van der Waals surface area contributed by atoms with Crippen LogP contribution in [-0.4, -0.2) is 49.2 Å².